The van der Waals surface area contributed by atoms with Crippen LogP contribution < -0.4 is 9.00 Å². The van der Waals surface area contributed by atoms with E-state index in [1.54, 1.807) is 42.8 Å². The first-order chi connectivity index (χ1) is 19.8. The lowest BCUT2D eigenvalue weighted by molar-refractivity contribution is 0.668. The summed E-state index contributed by atoms with van der Waals surface area (Å²) in [5.41, 5.74) is 3.14. The summed E-state index contributed by atoms with van der Waals surface area (Å²) in [4.78, 5) is 15.1. The lowest BCUT2D eigenvalue weighted by Crippen LogP contribution is -2.37. The van der Waals surface area contributed by atoms with Crippen molar-refractivity contribution in [1.29, 1.82) is 0 Å². The Hall–Kier alpha value is 0.0538. The number of rotatable bonds is 15. The number of thiophene rings is 2. The lowest BCUT2D eigenvalue weighted by Gasteiger charge is -2.16. The molecule has 0 atom stereocenters. The van der Waals surface area contributed by atoms with E-state index >= 15 is 0 Å². The molecule has 0 aliphatic rings. The molecule has 0 radical (unpaired) electrons. The van der Waals surface area contributed by atoms with Gasteiger partial charge in [-0.3, -0.25) is 0 Å². The maximum atomic E-state index is 5.05. The van der Waals surface area contributed by atoms with Crippen molar-refractivity contribution in [2.75, 3.05) is 0 Å². The number of thiazole rings is 2. The zero-order valence-corrected chi connectivity index (χ0v) is 34.9. The van der Waals surface area contributed by atoms with Gasteiger partial charge in [0.15, 0.2) is 0 Å². The molecule has 0 saturated carbocycles. The molecule has 0 bridgehead atoms. The monoisotopic (exact) mass is 800 g/mol. The highest BCUT2D eigenvalue weighted by Crippen LogP contribution is 2.47. The molecule has 0 saturated heterocycles. The lowest BCUT2D eigenvalue weighted by atomic mass is 10.1. The molecule has 42 heavy (non-hydrogen) atoms. The summed E-state index contributed by atoms with van der Waals surface area (Å²) in [6.07, 6.45) is 12.8. The standard InChI is InChI=1S/C32H46Br2N2S4Si2/c1-9-11-13-15-17-21-19-23(37-31(21)41(3,4)5)29-35-27(33)25(39-29)26-28(34)36-30(40-26)24-20-22(18-16-14-12-10-2)32(38-24)42(6,7)8/h19-20H,9-18H2,1-8H3. The molecule has 4 aromatic heterocycles. The van der Waals surface area contributed by atoms with Gasteiger partial charge < -0.3 is 0 Å². The fourth-order valence-electron chi connectivity index (χ4n) is 5.29. The first kappa shape index (κ1) is 34.9. The molecule has 10 heteroatoms. The van der Waals surface area contributed by atoms with Crippen molar-refractivity contribution in [3.63, 3.8) is 0 Å². The summed E-state index contributed by atoms with van der Waals surface area (Å²) in [6.45, 7) is 19.4. The van der Waals surface area contributed by atoms with Crippen molar-refractivity contribution < 1.29 is 0 Å². The summed E-state index contributed by atoms with van der Waals surface area (Å²) in [5.74, 6) is 0. The van der Waals surface area contributed by atoms with Crippen molar-refractivity contribution in [2.24, 2.45) is 0 Å². The number of hydrogen-bond acceptors (Lipinski definition) is 6. The van der Waals surface area contributed by atoms with Crippen LogP contribution in [0, 0.1) is 0 Å². The normalized spacial score (nSPS) is 12.5. The van der Waals surface area contributed by atoms with E-state index in [4.69, 9.17) is 9.97 Å². The third-order valence-electron chi connectivity index (χ3n) is 7.38. The molecule has 0 spiro atoms. The minimum absolute atomic E-state index is 0.927. The Kier molecular flexibility index (Phi) is 12.6. The Labute approximate surface area is 289 Å². The molecule has 4 heterocycles. The number of aryl methyl sites for hydroxylation is 2. The van der Waals surface area contributed by atoms with Crippen molar-refractivity contribution in [3.8, 4) is 29.5 Å². The average molecular weight is 803 g/mol. The second-order valence-electron chi connectivity index (χ2n) is 13.3. The van der Waals surface area contributed by atoms with Gasteiger partial charge in [0, 0.05) is 0 Å². The van der Waals surface area contributed by atoms with Crippen LogP contribution in [0.15, 0.2) is 21.3 Å². The maximum Gasteiger partial charge on any atom is 0.135 e. The van der Waals surface area contributed by atoms with Gasteiger partial charge in [0.25, 0.3) is 0 Å². The first-order valence-electron chi connectivity index (χ1n) is 15.4. The highest BCUT2D eigenvalue weighted by Gasteiger charge is 2.28. The van der Waals surface area contributed by atoms with E-state index in [9.17, 15) is 0 Å². The summed E-state index contributed by atoms with van der Waals surface area (Å²) in [6, 6.07) is 4.91. The third-order valence-corrected chi connectivity index (χ3v) is 21.3. The van der Waals surface area contributed by atoms with Gasteiger partial charge in [-0.2, -0.15) is 0 Å². The smallest absolute Gasteiger partial charge is 0.135 e. The Morgan fingerprint density at radius 1 is 0.571 bits per heavy atom. The van der Waals surface area contributed by atoms with Crippen LogP contribution in [0.4, 0.5) is 0 Å². The van der Waals surface area contributed by atoms with E-state index in [2.05, 4.69) is 97.1 Å². The van der Waals surface area contributed by atoms with E-state index in [0.717, 1.165) is 19.2 Å². The number of aromatic nitrogens is 2. The second kappa shape index (κ2) is 15.1. The van der Waals surface area contributed by atoms with Crippen molar-refractivity contribution >= 4 is 102 Å². The molecule has 0 N–H and O–H groups in total. The molecule has 0 aromatic carbocycles. The van der Waals surface area contributed by atoms with E-state index in [0.29, 0.717) is 0 Å². The molecule has 4 rings (SSSR count). The zero-order chi connectivity index (χ0) is 30.7. The van der Waals surface area contributed by atoms with Gasteiger partial charge in [0.05, 0.1) is 35.7 Å². The van der Waals surface area contributed by atoms with Crippen LogP contribution in [0.5, 0.6) is 0 Å². The number of hydrogen-bond donors (Lipinski definition) is 0. The predicted molar refractivity (Wildman–Crippen MR) is 207 cm³/mol. The van der Waals surface area contributed by atoms with Crippen LogP contribution >= 0.6 is 77.2 Å². The van der Waals surface area contributed by atoms with E-state index in [1.165, 1.54) is 83.7 Å². The van der Waals surface area contributed by atoms with Crippen LogP contribution in [0.2, 0.25) is 39.3 Å². The van der Waals surface area contributed by atoms with Crippen LogP contribution in [0.3, 0.4) is 0 Å². The SMILES string of the molecule is CCCCCCc1cc(-c2nc(Br)c(-c3sc(-c4cc(CCCCCC)c([Si](C)(C)C)s4)nc3Br)s2)sc1[Si](C)(C)C. The molecular formula is C32H46Br2N2S4Si2. The highest BCUT2D eigenvalue weighted by atomic mass is 79.9. The van der Waals surface area contributed by atoms with Gasteiger partial charge in [0.2, 0.25) is 0 Å². The summed E-state index contributed by atoms with van der Waals surface area (Å²) in [5, 5.41) is 2.24. The fraction of sp³-hybridized carbons (Fsp3) is 0.562. The minimum Gasteiger partial charge on any atom is -0.228 e. The molecule has 2 nitrogen and oxygen atoms in total. The number of unbranched alkanes of at least 4 members (excludes halogenated alkanes) is 6. The highest BCUT2D eigenvalue weighted by molar-refractivity contribution is 9.11. The molecule has 0 fully saturated rings. The fourth-order valence-corrected chi connectivity index (χ4v) is 16.5. The summed E-state index contributed by atoms with van der Waals surface area (Å²) >= 11 is 15.3. The van der Waals surface area contributed by atoms with Gasteiger partial charge in [-0.1, -0.05) is 91.7 Å². The second-order valence-corrected chi connectivity index (χ2v) is 29.7. The number of nitrogens with zero attached hydrogens (tertiary/aromatic N) is 2. The topological polar surface area (TPSA) is 25.8 Å². The molecule has 0 unspecified atom stereocenters. The van der Waals surface area contributed by atoms with Gasteiger partial charge in [0.1, 0.15) is 19.2 Å². The molecule has 0 aliphatic heterocycles. The van der Waals surface area contributed by atoms with E-state index in [1.807, 2.05) is 22.7 Å². The van der Waals surface area contributed by atoms with Gasteiger partial charge in [-0.25, -0.2) is 9.97 Å². The average Bonchev–Trinajstić information content (AvgIpc) is 3.68. The minimum atomic E-state index is -1.43. The van der Waals surface area contributed by atoms with Gasteiger partial charge in [-0.15, -0.1) is 45.3 Å². The van der Waals surface area contributed by atoms with E-state index < -0.39 is 16.1 Å². The largest absolute Gasteiger partial charge is 0.228 e. The number of halogens is 2. The Morgan fingerprint density at radius 3 is 1.29 bits per heavy atom. The quantitative estimate of drug-likeness (QED) is 0.0884. The van der Waals surface area contributed by atoms with Crippen molar-refractivity contribution in [2.45, 2.75) is 117 Å². The molecule has 0 amide bonds. The van der Waals surface area contributed by atoms with Crippen LogP contribution in [-0.4, -0.2) is 26.1 Å². The summed E-state index contributed by atoms with van der Waals surface area (Å²) in [7, 11) is -2.86. The molecule has 4 aromatic rings. The predicted octanol–water partition coefficient (Wildman–Crippen LogP) is 12.6. The van der Waals surface area contributed by atoms with Crippen LogP contribution in [-0.2, 0) is 12.8 Å². The molecule has 230 valence electrons. The van der Waals surface area contributed by atoms with Gasteiger partial charge >= 0.3 is 0 Å². The first-order valence-corrected chi connectivity index (χ1v) is 27.3. The van der Waals surface area contributed by atoms with Crippen LogP contribution in [0.1, 0.15) is 76.3 Å². The van der Waals surface area contributed by atoms with Gasteiger partial charge in [-0.05, 0) is 89.8 Å². The van der Waals surface area contributed by atoms with Crippen molar-refractivity contribution in [1.82, 2.24) is 9.97 Å². The molecular weight excluding hydrogens is 757 g/mol. The van der Waals surface area contributed by atoms with Crippen molar-refractivity contribution in [3.05, 3.63) is 32.5 Å². The maximum absolute atomic E-state index is 5.05. The summed E-state index contributed by atoms with van der Waals surface area (Å²) < 4.78 is 5.14. The Balaban J connectivity index is 1.64. The van der Waals surface area contributed by atoms with Crippen LogP contribution in [0.25, 0.3) is 29.5 Å². The zero-order valence-electron chi connectivity index (χ0n) is 26.5. The van der Waals surface area contributed by atoms with E-state index in [-0.39, 0.29) is 0 Å². The molecule has 0 aliphatic carbocycles. The Morgan fingerprint density at radius 2 is 0.952 bits per heavy atom. The third kappa shape index (κ3) is 8.65. The Bertz CT molecular complexity index is 1360.